The van der Waals surface area contributed by atoms with Gasteiger partial charge in [-0.1, -0.05) is 60.5 Å². The van der Waals surface area contributed by atoms with Crippen molar-refractivity contribution >= 4 is 70.1 Å². The minimum absolute atomic E-state index is 0.0228. The van der Waals surface area contributed by atoms with Gasteiger partial charge in [0, 0.05) is 32.3 Å². The van der Waals surface area contributed by atoms with Gasteiger partial charge in [0.2, 0.25) is 5.91 Å². The van der Waals surface area contributed by atoms with Gasteiger partial charge in [-0.15, -0.1) is 11.8 Å². The van der Waals surface area contributed by atoms with Crippen LogP contribution in [0.4, 0.5) is 11.4 Å². The second kappa shape index (κ2) is 16.0. The van der Waals surface area contributed by atoms with E-state index in [0.717, 1.165) is 4.90 Å². The molecule has 0 aliphatic carbocycles. The van der Waals surface area contributed by atoms with Crippen LogP contribution in [0.1, 0.15) is 29.3 Å². The molecule has 45 heavy (non-hydrogen) atoms. The predicted molar refractivity (Wildman–Crippen MR) is 182 cm³/mol. The van der Waals surface area contributed by atoms with Gasteiger partial charge in [0.05, 0.1) is 25.2 Å². The molecule has 0 saturated heterocycles. The molecule has 0 bridgehead atoms. The fourth-order valence-corrected chi connectivity index (χ4v) is 5.64. The molecule has 1 atom stereocenters. The highest BCUT2D eigenvalue weighted by molar-refractivity contribution is 8.00. The number of amides is 3. The third kappa shape index (κ3) is 9.28. The van der Waals surface area contributed by atoms with Crippen molar-refractivity contribution in [2.24, 2.45) is 0 Å². The maximum Gasteiger partial charge on any atom is 0.272 e. The molecule has 8 nitrogen and oxygen atoms in total. The largest absolute Gasteiger partial charge is 0.497 e. The van der Waals surface area contributed by atoms with Gasteiger partial charge >= 0.3 is 0 Å². The Morgan fingerprint density at radius 1 is 0.867 bits per heavy atom. The van der Waals surface area contributed by atoms with Gasteiger partial charge in [-0.3, -0.25) is 14.4 Å². The van der Waals surface area contributed by atoms with Crippen LogP contribution in [0.25, 0.3) is 6.08 Å². The Labute approximate surface area is 276 Å². The van der Waals surface area contributed by atoms with Crippen LogP contribution in [-0.4, -0.2) is 37.2 Å². The first-order valence-corrected chi connectivity index (χ1v) is 15.5. The van der Waals surface area contributed by atoms with E-state index in [-0.39, 0.29) is 11.6 Å². The summed E-state index contributed by atoms with van der Waals surface area (Å²) in [5.74, 6) is -0.135. The highest BCUT2D eigenvalue weighted by Gasteiger charge is 2.21. The van der Waals surface area contributed by atoms with E-state index in [9.17, 15) is 14.4 Å². The number of hydrogen-bond acceptors (Lipinski definition) is 6. The highest BCUT2D eigenvalue weighted by atomic mass is 35.5. The zero-order valence-corrected chi connectivity index (χ0v) is 27.1. The van der Waals surface area contributed by atoms with Crippen LogP contribution >= 0.6 is 35.0 Å². The lowest BCUT2D eigenvalue weighted by Gasteiger charge is -2.17. The molecule has 4 aromatic carbocycles. The lowest BCUT2D eigenvalue weighted by Crippen LogP contribution is -2.30. The van der Waals surface area contributed by atoms with Gasteiger partial charge in [0.25, 0.3) is 11.8 Å². The molecule has 0 spiro atoms. The van der Waals surface area contributed by atoms with Crippen molar-refractivity contribution in [1.82, 2.24) is 5.32 Å². The van der Waals surface area contributed by atoms with E-state index in [4.69, 9.17) is 32.7 Å². The average Bonchev–Trinajstić information content (AvgIpc) is 3.05. The monoisotopic (exact) mass is 663 g/mol. The number of ether oxygens (including phenoxy) is 2. The normalized spacial score (nSPS) is 11.7. The molecule has 11 heteroatoms. The SMILES string of the molecule is CCC(Sc1cccc(NC(=O)/C(=C\c2ccc(Cl)cc2Cl)NC(=O)c2ccccc2)c1)C(=O)Nc1ccc(OC)cc1OC. The molecule has 0 radical (unpaired) electrons. The molecule has 0 aromatic heterocycles. The van der Waals surface area contributed by atoms with Gasteiger partial charge in [-0.2, -0.15) is 0 Å². The Morgan fingerprint density at radius 3 is 2.33 bits per heavy atom. The van der Waals surface area contributed by atoms with Crippen LogP contribution in [0.15, 0.2) is 102 Å². The van der Waals surface area contributed by atoms with Crippen LogP contribution in [0.5, 0.6) is 11.5 Å². The van der Waals surface area contributed by atoms with Gasteiger partial charge in [-0.25, -0.2) is 0 Å². The zero-order valence-electron chi connectivity index (χ0n) is 24.7. The first kappa shape index (κ1) is 33.5. The minimum atomic E-state index is -0.566. The lowest BCUT2D eigenvalue weighted by atomic mass is 10.1. The van der Waals surface area contributed by atoms with Crippen molar-refractivity contribution in [1.29, 1.82) is 0 Å². The Balaban J connectivity index is 1.52. The van der Waals surface area contributed by atoms with Crippen molar-refractivity contribution in [3.05, 3.63) is 118 Å². The summed E-state index contributed by atoms with van der Waals surface area (Å²) in [6.45, 7) is 1.92. The van der Waals surface area contributed by atoms with Crippen molar-refractivity contribution in [3.63, 3.8) is 0 Å². The molecule has 0 fully saturated rings. The third-order valence-electron chi connectivity index (χ3n) is 6.49. The molecular formula is C34H31Cl2N3O5S. The van der Waals surface area contributed by atoms with E-state index < -0.39 is 17.1 Å². The number of carbonyl (C=O) groups excluding carboxylic acids is 3. The maximum atomic E-state index is 13.5. The maximum absolute atomic E-state index is 13.5. The Kier molecular flexibility index (Phi) is 11.9. The Hall–Kier alpha value is -4.44. The molecule has 232 valence electrons. The van der Waals surface area contributed by atoms with Gasteiger partial charge in [0.1, 0.15) is 17.2 Å². The summed E-state index contributed by atoms with van der Waals surface area (Å²) in [6.07, 6.45) is 2.03. The molecule has 0 aliphatic rings. The van der Waals surface area contributed by atoms with E-state index in [1.54, 1.807) is 92.0 Å². The number of methoxy groups -OCH3 is 2. The summed E-state index contributed by atoms with van der Waals surface area (Å²) in [7, 11) is 3.08. The number of anilines is 2. The zero-order chi connectivity index (χ0) is 32.3. The summed E-state index contributed by atoms with van der Waals surface area (Å²) >= 11 is 13.8. The van der Waals surface area contributed by atoms with Crippen molar-refractivity contribution in [2.75, 3.05) is 24.9 Å². The fourth-order valence-electron chi connectivity index (χ4n) is 4.16. The van der Waals surface area contributed by atoms with E-state index >= 15 is 0 Å². The van der Waals surface area contributed by atoms with Crippen molar-refractivity contribution in [2.45, 2.75) is 23.5 Å². The number of halogens is 2. The number of rotatable bonds is 12. The predicted octanol–water partition coefficient (Wildman–Crippen LogP) is 7.93. The standard InChI is InChI=1S/C34H31Cl2N3O5S/c1-4-31(34(42)38-28-16-15-25(43-2)20-30(28)44-3)45-26-12-8-11-24(19-26)37-33(41)29(17-22-13-14-23(35)18-27(22)36)39-32(40)21-9-6-5-7-10-21/h5-20,31H,4H2,1-3H3,(H,37,41)(H,38,42)(H,39,40)/b29-17+. The summed E-state index contributed by atoms with van der Waals surface area (Å²) in [6, 6.07) is 25.7. The summed E-state index contributed by atoms with van der Waals surface area (Å²) in [5.41, 5.74) is 1.85. The fraction of sp³-hybridized carbons (Fsp3) is 0.147. The van der Waals surface area contributed by atoms with Gasteiger partial charge in [0.15, 0.2) is 0 Å². The minimum Gasteiger partial charge on any atom is -0.497 e. The van der Waals surface area contributed by atoms with E-state index in [1.807, 2.05) is 13.0 Å². The van der Waals surface area contributed by atoms with Crippen molar-refractivity contribution < 1.29 is 23.9 Å². The molecule has 4 rings (SSSR count). The van der Waals surface area contributed by atoms with Crippen LogP contribution in [0, 0.1) is 0 Å². The lowest BCUT2D eigenvalue weighted by molar-refractivity contribution is -0.116. The molecule has 4 aromatic rings. The molecule has 3 N–H and O–H groups in total. The molecule has 3 amide bonds. The first-order valence-electron chi connectivity index (χ1n) is 13.8. The van der Waals surface area contributed by atoms with E-state index in [1.165, 1.54) is 24.9 Å². The van der Waals surface area contributed by atoms with Gasteiger partial charge in [-0.05, 0) is 72.7 Å². The molecule has 0 aliphatic heterocycles. The van der Waals surface area contributed by atoms with Crippen molar-refractivity contribution in [3.8, 4) is 11.5 Å². The molecule has 0 saturated carbocycles. The van der Waals surface area contributed by atoms with E-state index in [0.29, 0.717) is 50.5 Å². The Morgan fingerprint density at radius 2 is 1.64 bits per heavy atom. The topological polar surface area (TPSA) is 106 Å². The first-order chi connectivity index (χ1) is 21.7. The number of nitrogens with one attached hydrogen (secondary N) is 3. The summed E-state index contributed by atoms with van der Waals surface area (Å²) in [5, 5.41) is 8.79. The van der Waals surface area contributed by atoms with Gasteiger partial charge < -0.3 is 25.4 Å². The second-order valence-electron chi connectivity index (χ2n) is 9.60. The molecule has 0 heterocycles. The van der Waals surface area contributed by atoms with E-state index in [2.05, 4.69) is 16.0 Å². The van der Waals surface area contributed by atoms with Crippen LogP contribution < -0.4 is 25.4 Å². The average molecular weight is 665 g/mol. The summed E-state index contributed by atoms with van der Waals surface area (Å²) in [4.78, 5) is 40.5. The van der Waals surface area contributed by atoms with Crippen LogP contribution in [0.3, 0.4) is 0 Å². The molecular weight excluding hydrogens is 633 g/mol. The molecule has 1 unspecified atom stereocenters. The number of thioether (sulfide) groups is 1. The quantitative estimate of drug-likeness (QED) is 0.105. The number of carbonyl (C=O) groups is 3. The Bertz CT molecular complexity index is 1720. The highest BCUT2D eigenvalue weighted by Crippen LogP contribution is 2.32. The smallest absolute Gasteiger partial charge is 0.272 e. The second-order valence-corrected chi connectivity index (χ2v) is 11.7. The number of hydrogen-bond donors (Lipinski definition) is 3. The summed E-state index contributed by atoms with van der Waals surface area (Å²) < 4.78 is 10.6. The third-order valence-corrected chi connectivity index (χ3v) is 8.41. The van der Waals surface area contributed by atoms with Crippen LogP contribution in [-0.2, 0) is 9.59 Å². The van der Waals surface area contributed by atoms with Crippen LogP contribution in [0.2, 0.25) is 10.0 Å². The number of benzene rings is 4.